The molecule has 18 heavy (non-hydrogen) atoms. The van der Waals surface area contributed by atoms with E-state index in [0.717, 1.165) is 17.9 Å². The highest BCUT2D eigenvalue weighted by molar-refractivity contribution is 7.98. The smallest absolute Gasteiger partial charge is 0.0585 e. The van der Waals surface area contributed by atoms with Crippen LogP contribution < -0.4 is 5.32 Å². The van der Waals surface area contributed by atoms with E-state index < -0.39 is 0 Å². The molecule has 2 nitrogen and oxygen atoms in total. The Labute approximate surface area is 114 Å². The van der Waals surface area contributed by atoms with E-state index in [4.69, 9.17) is 0 Å². The fourth-order valence-corrected chi connectivity index (χ4v) is 3.04. The van der Waals surface area contributed by atoms with Crippen molar-refractivity contribution in [1.82, 2.24) is 5.32 Å². The summed E-state index contributed by atoms with van der Waals surface area (Å²) in [6.07, 6.45) is 3.63. The number of hydrogen-bond acceptors (Lipinski definition) is 3. The van der Waals surface area contributed by atoms with Crippen molar-refractivity contribution in [3.05, 3.63) is 35.4 Å². The molecule has 2 rings (SSSR count). The minimum atomic E-state index is 0.265. The second-order valence-electron chi connectivity index (χ2n) is 5.15. The second kappa shape index (κ2) is 7.17. The van der Waals surface area contributed by atoms with Crippen LogP contribution in [0, 0.1) is 6.92 Å². The standard InChI is InChI=1S/C15H23NOS/c1-12-3-2-4-13(9-12)11-18-8-7-15(10-17)16-14-5-6-14/h2-4,9,14-17H,5-8,10-11H2,1H3. The summed E-state index contributed by atoms with van der Waals surface area (Å²) in [5, 5.41) is 12.8. The zero-order chi connectivity index (χ0) is 12.8. The topological polar surface area (TPSA) is 32.3 Å². The number of aliphatic hydroxyl groups is 1. The van der Waals surface area contributed by atoms with Crippen LogP contribution in [0.25, 0.3) is 0 Å². The number of rotatable bonds is 8. The molecule has 2 N–H and O–H groups in total. The lowest BCUT2D eigenvalue weighted by molar-refractivity contribution is 0.239. The van der Waals surface area contributed by atoms with E-state index in [1.807, 2.05) is 11.8 Å². The molecule has 1 saturated carbocycles. The van der Waals surface area contributed by atoms with Crippen molar-refractivity contribution in [2.75, 3.05) is 12.4 Å². The van der Waals surface area contributed by atoms with Crippen molar-refractivity contribution in [2.45, 2.75) is 44.0 Å². The van der Waals surface area contributed by atoms with Gasteiger partial charge in [-0.3, -0.25) is 0 Å². The summed E-state index contributed by atoms with van der Waals surface area (Å²) in [5.74, 6) is 2.18. The predicted octanol–water partition coefficient (Wildman–Crippen LogP) is 2.73. The van der Waals surface area contributed by atoms with E-state index in [1.54, 1.807) is 0 Å². The van der Waals surface area contributed by atoms with Crippen molar-refractivity contribution in [3.8, 4) is 0 Å². The molecule has 0 radical (unpaired) electrons. The number of aliphatic hydroxyl groups excluding tert-OH is 1. The van der Waals surface area contributed by atoms with E-state index in [2.05, 4.69) is 36.5 Å². The first-order chi connectivity index (χ1) is 8.78. The van der Waals surface area contributed by atoms with Crippen LogP contribution in [-0.2, 0) is 5.75 Å². The molecule has 0 heterocycles. The summed E-state index contributed by atoms with van der Waals surface area (Å²) in [4.78, 5) is 0. The van der Waals surface area contributed by atoms with Gasteiger partial charge < -0.3 is 10.4 Å². The molecule has 1 atom stereocenters. The van der Waals surface area contributed by atoms with Gasteiger partial charge in [-0.15, -0.1) is 0 Å². The Hall–Kier alpha value is -0.510. The quantitative estimate of drug-likeness (QED) is 0.709. The van der Waals surface area contributed by atoms with Gasteiger partial charge in [-0.05, 0) is 37.5 Å². The Bertz CT molecular complexity index is 365. The predicted molar refractivity (Wildman–Crippen MR) is 79.0 cm³/mol. The maximum atomic E-state index is 9.28. The molecule has 0 aliphatic heterocycles. The first kappa shape index (κ1) is 13.9. The third kappa shape index (κ3) is 5.01. The summed E-state index contributed by atoms with van der Waals surface area (Å²) < 4.78 is 0. The van der Waals surface area contributed by atoms with Crippen molar-refractivity contribution in [2.24, 2.45) is 0 Å². The molecule has 0 saturated heterocycles. The van der Waals surface area contributed by atoms with Crippen LogP contribution in [0.2, 0.25) is 0 Å². The first-order valence-corrected chi connectivity index (χ1v) is 7.93. The molecular weight excluding hydrogens is 242 g/mol. The molecule has 0 aromatic heterocycles. The molecule has 100 valence electrons. The van der Waals surface area contributed by atoms with Crippen LogP contribution in [-0.4, -0.2) is 29.5 Å². The molecule has 0 spiro atoms. The number of benzene rings is 1. The fraction of sp³-hybridized carbons (Fsp3) is 0.600. The van der Waals surface area contributed by atoms with Gasteiger partial charge in [0.15, 0.2) is 0 Å². The fourth-order valence-electron chi connectivity index (χ4n) is 2.03. The van der Waals surface area contributed by atoms with Crippen LogP contribution in [0.1, 0.15) is 30.4 Å². The Kier molecular flexibility index (Phi) is 5.54. The van der Waals surface area contributed by atoms with Crippen molar-refractivity contribution >= 4 is 11.8 Å². The molecule has 1 aromatic rings. The summed E-state index contributed by atoms with van der Waals surface area (Å²) in [6.45, 7) is 2.40. The number of hydrogen-bond donors (Lipinski definition) is 2. The van der Waals surface area contributed by atoms with E-state index >= 15 is 0 Å². The zero-order valence-electron chi connectivity index (χ0n) is 11.1. The zero-order valence-corrected chi connectivity index (χ0v) is 11.9. The van der Waals surface area contributed by atoms with E-state index in [-0.39, 0.29) is 6.61 Å². The van der Waals surface area contributed by atoms with Gasteiger partial charge in [0.1, 0.15) is 0 Å². The van der Waals surface area contributed by atoms with Gasteiger partial charge in [0.05, 0.1) is 6.61 Å². The summed E-state index contributed by atoms with van der Waals surface area (Å²) in [6, 6.07) is 9.67. The van der Waals surface area contributed by atoms with Gasteiger partial charge in [-0.1, -0.05) is 29.8 Å². The highest BCUT2D eigenvalue weighted by Gasteiger charge is 2.23. The highest BCUT2D eigenvalue weighted by Crippen LogP contribution is 2.21. The molecule has 0 amide bonds. The molecule has 1 fully saturated rings. The van der Waals surface area contributed by atoms with Gasteiger partial charge in [0.25, 0.3) is 0 Å². The lowest BCUT2D eigenvalue weighted by Gasteiger charge is -2.15. The molecule has 0 bridgehead atoms. The largest absolute Gasteiger partial charge is 0.395 e. The summed E-state index contributed by atoms with van der Waals surface area (Å²) in [7, 11) is 0. The van der Waals surface area contributed by atoms with Crippen LogP contribution >= 0.6 is 11.8 Å². The van der Waals surface area contributed by atoms with Gasteiger partial charge in [0, 0.05) is 17.8 Å². The number of nitrogens with one attached hydrogen (secondary N) is 1. The van der Waals surface area contributed by atoms with E-state index in [0.29, 0.717) is 12.1 Å². The van der Waals surface area contributed by atoms with Crippen LogP contribution in [0.5, 0.6) is 0 Å². The summed E-state index contributed by atoms with van der Waals surface area (Å²) in [5.41, 5.74) is 2.73. The molecular formula is C15H23NOS. The Balaban J connectivity index is 1.62. The monoisotopic (exact) mass is 265 g/mol. The minimum absolute atomic E-state index is 0.265. The highest BCUT2D eigenvalue weighted by atomic mass is 32.2. The second-order valence-corrected chi connectivity index (χ2v) is 6.26. The van der Waals surface area contributed by atoms with E-state index in [1.165, 1.54) is 24.0 Å². The average molecular weight is 265 g/mol. The number of aryl methyl sites for hydroxylation is 1. The average Bonchev–Trinajstić information content (AvgIpc) is 3.17. The SMILES string of the molecule is Cc1cccc(CSCCC(CO)NC2CC2)c1. The van der Waals surface area contributed by atoms with Crippen molar-refractivity contribution in [3.63, 3.8) is 0 Å². The van der Waals surface area contributed by atoms with Crippen molar-refractivity contribution in [1.29, 1.82) is 0 Å². The molecule has 1 aliphatic carbocycles. The van der Waals surface area contributed by atoms with Crippen LogP contribution in [0.3, 0.4) is 0 Å². The normalized spacial score (nSPS) is 16.8. The first-order valence-electron chi connectivity index (χ1n) is 6.78. The third-order valence-corrected chi connectivity index (χ3v) is 4.29. The number of thioether (sulfide) groups is 1. The van der Waals surface area contributed by atoms with Crippen LogP contribution in [0.4, 0.5) is 0 Å². The lowest BCUT2D eigenvalue weighted by atomic mass is 10.2. The Morgan fingerprint density at radius 1 is 1.44 bits per heavy atom. The minimum Gasteiger partial charge on any atom is -0.395 e. The van der Waals surface area contributed by atoms with Gasteiger partial charge in [0.2, 0.25) is 0 Å². The maximum absolute atomic E-state index is 9.28. The third-order valence-electron chi connectivity index (χ3n) is 3.23. The lowest BCUT2D eigenvalue weighted by Crippen LogP contribution is -2.34. The maximum Gasteiger partial charge on any atom is 0.0585 e. The van der Waals surface area contributed by atoms with Gasteiger partial charge in [-0.2, -0.15) is 11.8 Å². The molecule has 1 unspecified atom stereocenters. The van der Waals surface area contributed by atoms with Crippen molar-refractivity contribution < 1.29 is 5.11 Å². The Morgan fingerprint density at radius 2 is 2.28 bits per heavy atom. The van der Waals surface area contributed by atoms with E-state index in [9.17, 15) is 5.11 Å². The van der Waals surface area contributed by atoms with Gasteiger partial charge >= 0.3 is 0 Å². The Morgan fingerprint density at radius 3 is 2.94 bits per heavy atom. The molecule has 1 aromatic carbocycles. The summed E-state index contributed by atoms with van der Waals surface area (Å²) >= 11 is 1.96. The van der Waals surface area contributed by atoms with Gasteiger partial charge in [-0.25, -0.2) is 0 Å². The van der Waals surface area contributed by atoms with Crippen LogP contribution in [0.15, 0.2) is 24.3 Å². The molecule has 1 aliphatic rings. The molecule has 3 heteroatoms.